The molecule has 2 heteroatoms. The quantitative estimate of drug-likeness (QED) is 0.736. The molecule has 0 radical (unpaired) electrons. The van der Waals surface area contributed by atoms with Gasteiger partial charge in [0.25, 0.3) is 0 Å². The minimum atomic E-state index is 0.342. The van der Waals surface area contributed by atoms with Crippen molar-refractivity contribution in [3.63, 3.8) is 0 Å². The summed E-state index contributed by atoms with van der Waals surface area (Å²) in [7, 11) is 0. The summed E-state index contributed by atoms with van der Waals surface area (Å²) in [5.41, 5.74) is 0. The normalized spacial score (nSPS) is 32.9. The highest BCUT2D eigenvalue weighted by Gasteiger charge is 2.35. The SMILES string of the molecule is CCN(CC)C(=O)C1CCC2CCCCC2C1. The molecule has 0 bridgehead atoms. The van der Waals surface area contributed by atoms with Crippen molar-refractivity contribution in [1.82, 2.24) is 4.90 Å². The van der Waals surface area contributed by atoms with Crippen LogP contribution < -0.4 is 0 Å². The van der Waals surface area contributed by atoms with E-state index in [0.717, 1.165) is 31.3 Å². The third-order valence-electron chi connectivity index (χ3n) is 4.96. The van der Waals surface area contributed by atoms with E-state index in [-0.39, 0.29) is 0 Å². The van der Waals surface area contributed by atoms with Crippen molar-refractivity contribution in [2.45, 2.75) is 58.8 Å². The molecule has 2 nitrogen and oxygen atoms in total. The molecule has 2 aliphatic carbocycles. The summed E-state index contributed by atoms with van der Waals surface area (Å²) in [6, 6.07) is 0. The van der Waals surface area contributed by atoms with Crippen molar-refractivity contribution in [2.75, 3.05) is 13.1 Å². The second-order valence-electron chi connectivity index (χ2n) is 5.83. The van der Waals surface area contributed by atoms with Gasteiger partial charge in [0.15, 0.2) is 0 Å². The molecule has 0 aliphatic heterocycles. The number of carbonyl (C=O) groups is 1. The number of carbonyl (C=O) groups excluding carboxylic acids is 1. The molecule has 2 saturated carbocycles. The van der Waals surface area contributed by atoms with Gasteiger partial charge in [0.05, 0.1) is 0 Å². The molecule has 3 atom stereocenters. The van der Waals surface area contributed by atoms with E-state index >= 15 is 0 Å². The molecular formula is C15H27NO. The van der Waals surface area contributed by atoms with Gasteiger partial charge >= 0.3 is 0 Å². The maximum Gasteiger partial charge on any atom is 0.225 e. The number of rotatable bonds is 3. The first-order valence-corrected chi connectivity index (χ1v) is 7.55. The van der Waals surface area contributed by atoms with Crippen LogP contribution in [0.5, 0.6) is 0 Å². The van der Waals surface area contributed by atoms with Gasteiger partial charge in [-0.2, -0.15) is 0 Å². The number of nitrogens with zero attached hydrogens (tertiary/aromatic N) is 1. The number of fused-ring (bicyclic) bond motifs is 1. The monoisotopic (exact) mass is 237 g/mol. The Morgan fingerprint density at radius 2 is 1.65 bits per heavy atom. The van der Waals surface area contributed by atoms with Gasteiger partial charge in [0, 0.05) is 19.0 Å². The van der Waals surface area contributed by atoms with Crippen LogP contribution in [0, 0.1) is 17.8 Å². The van der Waals surface area contributed by atoms with Crippen LogP contribution >= 0.6 is 0 Å². The molecule has 0 aromatic rings. The Labute approximate surface area is 106 Å². The van der Waals surface area contributed by atoms with Crippen LogP contribution in [-0.2, 0) is 4.79 Å². The largest absolute Gasteiger partial charge is 0.343 e. The lowest BCUT2D eigenvalue weighted by atomic mass is 9.67. The summed E-state index contributed by atoms with van der Waals surface area (Å²) >= 11 is 0. The fourth-order valence-electron chi connectivity index (χ4n) is 3.89. The molecular weight excluding hydrogens is 210 g/mol. The molecule has 1 amide bonds. The highest BCUT2D eigenvalue weighted by Crippen LogP contribution is 2.43. The van der Waals surface area contributed by atoms with Gasteiger partial charge in [-0.25, -0.2) is 0 Å². The van der Waals surface area contributed by atoms with E-state index in [1.165, 1.54) is 38.5 Å². The second-order valence-corrected chi connectivity index (χ2v) is 5.83. The predicted octanol–water partition coefficient (Wildman–Crippen LogP) is 3.46. The first-order valence-electron chi connectivity index (χ1n) is 7.55. The molecule has 0 N–H and O–H groups in total. The third kappa shape index (κ3) is 2.83. The maximum atomic E-state index is 12.4. The van der Waals surface area contributed by atoms with Crippen molar-refractivity contribution in [1.29, 1.82) is 0 Å². The van der Waals surface area contributed by atoms with E-state index in [0.29, 0.717) is 11.8 Å². The van der Waals surface area contributed by atoms with Gasteiger partial charge in [0.1, 0.15) is 0 Å². The van der Waals surface area contributed by atoms with E-state index in [4.69, 9.17) is 0 Å². The summed E-state index contributed by atoms with van der Waals surface area (Å²) in [4.78, 5) is 14.4. The van der Waals surface area contributed by atoms with E-state index in [1.54, 1.807) is 0 Å². The van der Waals surface area contributed by atoms with Crippen molar-refractivity contribution in [3.8, 4) is 0 Å². The molecule has 17 heavy (non-hydrogen) atoms. The fourth-order valence-corrected chi connectivity index (χ4v) is 3.89. The molecule has 2 aliphatic rings. The zero-order valence-electron chi connectivity index (χ0n) is 11.5. The molecule has 0 heterocycles. The number of hydrogen-bond acceptors (Lipinski definition) is 1. The molecule has 0 aromatic heterocycles. The van der Waals surface area contributed by atoms with Gasteiger partial charge in [-0.3, -0.25) is 4.79 Å². The number of amides is 1. The van der Waals surface area contributed by atoms with Crippen LogP contribution in [0.1, 0.15) is 58.8 Å². The van der Waals surface area contributed by atoms with Crippen LogP contribution in [0.4, 0.5) is 0 Å². The van der Waals surface area contributed by atoms with Crippen LogP contribution in [0.25, 0.3) is 0 Å². The topological polar surface area (TPSA) is 20.3 Å². The van der Waals surface area contributed by atoms with Crippen LogP contribution in [0.15, 0.2) is 0 Å². The van der Waals surface area contributed by atoms with Crippen molar-refractivity contribution < 1.29 is 4.79 Å². The minimum absolute atomic E-state index is 0.342. The van der Waals surface area contributed by atoms with Crippen LogP contribution in [0.3, 0.4) is 0 Å². The Morgan fingerprint density at radius 3 is 2.29 bits per heavy atom. The molecule has 3 unspecified atom stereocenters. The van der Waals surface area contributed by atoms with Gasteiger partial charge in [0.2, 0.25) is 5.91 Å². The molecule has 0 saturated heterocycles. The average Bonchev–Trinajstić information content (AvgIpc) is 2.39. The van der Waals surface area contributed by atoms with E-state index < -0.39 is 0 Å². The first-order chi connectivity index (χ1) is 8.26. The summed E-state index contributed by atoms with van der Waals surface area (Å²) < 4.78 is 0. The van der Waals surface area contributed by atoms with Crippen LogP contribution in [-0.4, -0.2) is 23.9 Å². The summed E-state index contributed by atoms with van der Waals surface area (Å²) in [6.45, 7) is 5.93. The standard InChI is InChI=1S/C15H27NO/c1-3-16(4-2)15(17)14-10-9-12-7-5-6-8-13(12)11-14/h12-14H,3-11H2,1-2H3. The Morgan fingerprint density at radius 1 is 1.00 bits per heavy atom. The smallest absolute Gasteiger partial charge is 0.225 e. The molecule has 0 aromatic carbocycles. The second kappa shape index (κ2) is 5.88. The van der Waals surface area contributed by atoms with Gasteiger partial charge < -0.3 is 4.90 Å². The van der Waals surface area contributed by atoms with E-state index in [1.807, 2.05) is 4.90 Å². The maximum absolute atomic E-state index is 12.4. The minimum Gasteiger partial charge on any atom is -0.343 e. The van der Waals surface area contributed by atoms with Gasteiger partial charge in [-0.15, -0.1) is 0 Å². The Balaban J connectivity index is 1.92. The zero-order valence-corrected chi connectivity index (χ0v) is 11.5. The third-order valence-corrected chi connectivity index (χ3v) is 4.96. The highest BCUT2D eigenvalue weighted by molar-refractivity contribution is 5.78. The van der Waals surface area contributed by atoms with E-state index in [2.05, 4.69) is 13.8 Å². The summed E-state index contributed by atoms with van der Waals surface area (Å²) in [6.07, 6.45) is 9.27. The van der Waals surface area contributed by atoms with E-state index in [9.17, 15) is 4.79 Å². The lowest BCUT2D eigenvalue weighted by Crippen LogP contribution is -2.40. The fraction of sp³-hybridized carbons (Fsp3) is 0.933. The molecule has 2 rings (SSSR count). The summed E-state index contributed by atoms with van der Waals surface area (Å²) in [5.74, 6) is 2.58. The average molecular weight is 237 g/mol. The Hall–Kier alpha value is -0.530. The Kier molecular flexibility index (Phi) is 4.47. The number of hydrogen-bond donors (Lipinski definition) is 0. The van der Waals surface area contributed by atoms with Crippen molar-refractivity contribution in [3.05, 3.63) is 0 Å². The zero-order chi connectivity index (χ0) is 12.3. The predicted molar refractivity (Wildman–Crippen MR) is 70.7 cm³/mol. The van der Waals surface area contributed by atoms with Crippen molar-refractivity contribution >= 4 is 5.91 Å². The molecule has 98 valence electrons. The molecule has 2 fully saturated rings. The summed E-state index contributed by atoms with van der Waals surface area (Å²) in [5, 5.41) is 0. The van der Waals surface area contributed by atoms with Crippen LogP contribution in [0.2, 0.25) is 0 Å². The van der Waals surface area contributed by atoms with Gasteiger partial charge in [-0.05, 0) is 44.9 Å². The lowest BCUT2D eigenvalue weighted by molar-refractivity contribution is -0.137. The molecule has 0 spiro atoms. The Bertz CT molecular complexity index is 260. The van der Waals surface area contributed by atoms with Crippen molar-refractivity contribution in [2.24, 2.45) is 17.8 Å². The van der Waals surface area contributed by atoms with Gasteiger partial charge in [-0.1, -0.05) is 25.7 Å². The lowest BCUT2D eigenvalue weighted by Gasteiger charge is -2.40. The highest BCUT2D eigenvalue weighted by atomic mass is 16.2. The first kappa shape index (κ1) is 12.9.